The molecule has 1 aliphatic heterocycles. The number of hydrogen-bond donors (Lipinski definition) is 0. The summed E-state index contributed by atoms with van der Waals surface area (Å²) in [6, 6.07) is 0. The molecule has 1 heterocycles. The van der Waals surface area contributed by atoms with Crippen molar-refractivity contribution in [3.63, 3.8) is 0 Å². The third-order valence-corrected chi connectivity index (χ3v) is 5.09. The molecule has 0 atom stereocenters. The minimum atomic E-state index is -3.03. The summed E-state index contributed by atoms with van der Waals surface area (Å²) in [7, 11) is -1.33. The second-order valence-electron chi connectivity index (χ2n) is 4.40. The molecule has 0 aromatic heterocycles. The van der Waals surface area contributed by atoms with Crippen LogP contribution in [0.25, 0.3) is 0 Å². The van der Waals surface area contributed by atoms with E-state index in [0.717, 1.165) is 26.1 Å². The summed E-state index contributed by atoms with van der Waals surface area (Å²) < 4.78 is 30.6. The number of hydrogen-bond acceptors (Lipinski definition) is 4. The topological polar surface area (TPSA) is 49.9 Å². The SMILES string of the molecule is CCCS(=O)(=O)N1CCCN(CCOC)CC1. The summed E-state index contributed by atoms with van der Waals surface area (Å²) in [6.07, 6.45) is 1.60. The minimum Gasteiger partial charge on any atom is -0.383 e. The summed E-state index contributed by atoms with van der Waals surface area (Å²) in [4.78, 5) is 2.27. The van der Waals surface area contributed by atoms with Gasteiger partial charge in [0.1, 0.15) is 0 Å². The second-order valence-corrected chi connectivity index (χ2v) is 6.49. The van der Waals surface area contributed by atoms with Crippen molar-refractivity contribution in [3.8, 4) is 0 Å². The van der Waals surface area contributed by atoms with Gasteiger partial charge in [-0.3, -0.25) is 4.90 Å². The molecule has 0 radical (unpaired) electrons. The fourth-order valence-electron chi connectivity index (χ4n) is 2.06. The second kappa shape index (κ2) is 7.31. The van der Waals surface area contributed by atoms with Crippen molar-refractivity contribution in [2.45, 2.75) is 19.8 Å². The lowest BCUT2D eigenvalue weighted by molar-refractivity contribution is 0.151. The first kappa shape index (κ1) is 14.9. The molecule has 0 aromatic rings. The molecule has 5 nitrogen and oxygen atoms in total. The molecule has 0 amide bonds. The van der Waals surface area contributed by atoms with Crippen LogP contribution in [0.5, 0.6) is 0 Å². The van der Waals surface area contributed by atoms with E-state index in [4.69, 9.17) is 4.74 Å². The molecule has 0 aromatic carbocycles. The summed E-state index contributed by atoms with van der Waals surface area (Å²) in [5, 5.41) is 0. The van der Waals surface area contributed by atoms with E-state index in [1.54, 1.807) is 11.4 Å². The van der Waals surface area contributed by atoms with Gasteiger partial charge in [-0.25, -0.2) is 12.7 Å². The molecule has 1 saturated heterocycles. The van der Waals surface area contributed by atoms with Crippen LogP contribution in [0.3, 0.4) is 0 Å². The van der Waals surface area contributed by atoms with Crippen LogP contribution in [0, 0.1) is 0 Å². The van der Waals surface area contributed by atoms with Gasteiger partial charge in [-0.05, 0) is 19.4 Å². The Hall–Kier alpha value is -0.170. The summed E-state index contributed by atoms with van der Waals surface area (Å²) in [6.45, 7) is 6.55. The molecule has 0 N–H and O–H groups in total. The van der Waals surface area contributed by atoms with E-state index in [-0.39, 0.29) is 5.75 Å². The van der Waals surface area contributed by atoms with Gasteiger partial charge in [-0.1, -0.05) is 6.92 Å². The largest absolute Gasteiger partial charge is 0.383 e. The van der Waals surface area contributed by atoms with E-state index in [2.05, 4.69) is 4.90 Å². The zero-order chi connectivity index (χ0) is 12.7. The van der Waals surface area contributed by atoms with Gasteiger partial charge < -0.3 is 4.74 Å². The van der Waals surface area contributed by atoms with Crippen molar-refractivity contribution in [3.05, 3.63) is 0 Å². The monoisotopic (exact) mass is 264 g/mol. The van der Waals surface area contributed by atoms with Crippen molar-refractivity contribution < 1.29 is 13.2 Å². The first-order chi connectivity index (χ1) is 8.10. The minimum absolute atomic E-state index is 0.269. The Balaban J connectivity index is 2.47. The van der Waals surface area contributed by atoms with Crippen LogP contribution in [-0.4, -0.2) is 69.8 Å². The maximum Gasteiger partial charge on any atom is 0.214 e. The van der Waals surface area contributed by atoms with E-state index in [1.807, 2.05) is 6.92 Å². The van der Waals surface area contributed by atoms with Gasteiger partial charge in [0.25, 0.3) is 0 Å². The quantitative estimate of drug-likeness (QED) is 0.696. The zero-order valence-electron chi connectivity index (χ0n) is 10.9. The lowest BCUT2D eigenvalue weighted by Crippen LogP contribution is -2.37. The van der Waals surface area contributed by atoms with Crippen LogP contribution < -0.4 is 0 Å². The van der Waals surface area contributed by atoms with Gasteiger partial charge >= 0.3 is 0 Å². The van der Waals surface area contributed by atoms with E-state index < -0.39 is 10.0 Å². The molecular formula is C11H24N2O3S. The van der Waals surface area contributed by atoms with Crippen molar-refractivity contribution >= 4 is 10.0 Å². The van der Waals surface area contributed by atoms with E-state index in [1.165, 1.54) is 0 Å². The third kappa shape index (κ3) is 4.91. The molecule has 1 rings (SSSR count). The molecule has 17 heavy (non-hydrogen) atoms. The highest BCUT2D eigenvalue weighted by atomic mass is 32.2. The third-order valence-electron chi connectivity index (χ3n) is 3.01. The molecule has 0 spiro atoms. The Morgan fingerprint density at radius 1 is 1.18 bits per heavy atom. The first-order valence-corrected chi connectivity index (χ1v) is 7.90. The summed E-state index contributed by atoms with van der Waals surface area (Å²) in [5.74, 6) is 0.269. The predicted molar refractivity (Wildman–Crippen MR) is 68.6 cm³/mol. The number of methoxy groups -OCH3 is 1. The molecule has 0 bridgehead atoms. The van der Waals surface area contributed by atoms with Crippen LogP contribution in [0.4, 0.5) is 0 Å². The highest BCUT2D eigenvalue weighted by molar-refractivity contribution is 7.89. The Bertz CT molecular complexity index is 306. The van der Waals surface area contributed by atoms with Crippen molar-refractivity contribution in [2.24, 2.45) is 0 Å². The van der Waals surface area contributed by atoms with Crippen LogP contribution in [-0.2, 0) is 14.8 Å². The maximum absolute atomic E-state index is 11.9. The standard InChI is InChI=1S/C11H24N2O3S/c1-3-11-17(14,15)13-6-4-5-12(7-8-13)9-10-16-2/h3-11H2,1-2H3. The lowest BCUT2D eigenvalue weighted by atomic mass is 10.4. The number of nitrogens with zero attached hydrogens (tertiary/aromatic N) is 2. The van der Waals surface area contributed by atoms with E-state index in [9.17, 15) is 8.42 Å². The Kier molecular flexibility index (Phi) is 6.40. The van der Waals surface area contributed by atoms with Crippen LogP contribution >= 0.6 is 0 Å². The average molecular weight is 264 g/mol. The van der Waals surface area contributed by atoms with Gasteiger partial charge in [0.2, 0.25) is 10.0 Å². The van der Waals surface area contributed by atoms with Gasteiger partial charge in [-0.15, -0.1) is 0 Å². The number of ether oxygens (including phenoxy) is 1. The van der Waals surface area contributed by atoms with Gasteiger partial charge in [0, 0.05) is 33.3 Å². The fraction of sp³-hybridized carbons (Fsp3) is 1.00. The Morgan fingerprint density at radius 2 is 1.94 bits per heavy atom. The number of rotatable bonds is 6. The van der Waals surface area contributed by atoms with Crippen molar-refractivity contribution in [2.75, 3.05) is 52.2 Å². The van der Waals surface area contributed by atoms with Gasteiger partial charge in [0.05, 0.1) is 12.4 Å². The van der Waals surface area contributed by atoms with Crippen molar-refractivity contribution in [1.82, 2.24) is 9.21 Å². The van der Waals surface area contributed by atoms with Crippen molar-refractivity contribution in [1.29, 1.82) is 0 Å². The predicted octanol–water partition coefficient (Wildman–Crippen LogP) is 0.380. The highest BCUT2D eigenvalue weighted by Gasteiger charge is 2.23. The highest BCUT2D eigenvalue weighted by Crippen LogP contribution is 2.09. The van der Waals surface area contributed by atoms with Crippen LogP contribution in [0.2, 0.25) is 0 Å². The normalized spacial score (nSPS) is 20.4. The van der Waals surface area contributed by atoms with E-state index >= 15 is 0 Å². The van der Waals surface area contributed by atoms with Crippen LogP contribution in [0.1, 0.15) is 19.8 Å². The Morgan fingerprint density at radius 3 is 2.59 bits per heavy atom. The molecule has 102 valence electrons. The summed E-state index contributed by atoms with van der Waals surface area (Å²) >= 11 is 0. The van der Waals surface area contributed by atoms with Gasteiger partial charge in [-0.2, -0.15) is 0 Å². The lowest BCUT2D eigenvalue weighted by Gasteiger charge is -2.21. The molecule has 1 fully saturated rings. The molecule has 1 aliphatic rings. The molecule has 0 unspecified atom stereocenters. The Labute approximate surface area is 105 Å². The zero-order valence-corrected chi connectivity index (χ0v) is 11.7. The van der Waals surface area contributed by atoms with Gasteiger partial charge in [0.15, 0.2) is 0 Å². The molecular weight excluding hydrogens is 240 g/mol. The molecule has 0 aliphatic carbocycles. The van der Waals surface area contributed by atoms with E-state index in [0.29, 0.717) is 26.1 Å². The first-order valence-electron chi connectivity index (χ1n) is 6.29. The average Bonchev–Trinajstić information content (AvgIpc) is 2.52. The molecule has 6 heteroatoms. The summed E-state index contributed by atoms with van der Waals surface area (Å²) in [5.41, 5.74) is 0. The maximum atomic E-state index is 11.9. The smallest absolute Gasteiger partial charge is 0.214 e. The number of sulfonamides is 1. The molecule has 0 saturated carbocycles. The van der Waals surface area contributed by atoms with Crippen LogP contribution in [0.15, 0.2) is 0 Å². The fourth-order valence-corrected chi connectivity index (χ4v) is 3.60.